The van der Waals surface area contributed by atoms with Crippen molar-refractivity contribution in [1.82, 2.24) is 0 Å². The van der Waals surface area contributed by atoms with Gasteiger partial charge >= 0.3 is 0 Å². The third-order valence-corrected chi connectivity index (χ3v) is 7.50. The van der Waals surface area contributed by atoms with Crippen molar-refractivity contribution in [2.45, 2.75) is 11.4 Å². The molecule has 37 heavy (non-hydrogen) atoms. The van der Waals surface area contributed by atoms with Crippen LogP contribution in [0.5, 0.6) is 11.5 Å². The molecule has 5 rings (SSSR count). The first-order valence-corrected chi connectivity index (χ1v) is 12.7. The summed E-state index contributed by atoms with van der Waals surface area (Å²) < 4.78 is 39.4. The maximum absolute atomic E-state index is 13.1. The fourth-order valence-corrected chi connectivity index (χ4v) is 5.40. The van der Waals surface area contributed by atoms with Crippen molar-refractivity contribution >= 4 is 43.8 Å². The predicted molar refractivity (Wildman–Crippen MR) is 140 cm³/mol. The largest absolute Gasteiger partial charge is 0.497 e. The zero-order valence-electron chi connectivity index (χ0n) is 20.0. The van der Waals surface area contributed by atoms with E-state index in [-0.39, 0.29) is 22.8 Å². The molecule has 4 aromatic rings. The molecule has 10 heteroatoms. The van der Waals surface area contributed by atoms with E-state index in [1.54, 1.807) is 42.5 Å². The van der Waals surface area contributed by atoms with Gasteiger partial charge in [0.1, 0.15) is 11.5 Å². The molecule has 188 valence electrons. The number of carbonyl (C=O) groups excluding carboxylic acids is 1. The highest BCUT2D eigenvalue weighted by molar-refractivity contribution is 7.92. The summed E-state index contributed by atoms with van der Waals surface area (Å²) in [5, 5.41) is 14.5. The Kier molecular flexibility index (Phi) is 6.18. The summed E-state index contributed by atoms with van der Waals surface area (Å²) in [4.78, 5) is 14.6. The predicted octanol–water partition coefficient (Wildman–Crippen LogP) is 4.38. The van der Waals surface area contributed by atoms with Crippen LogP contribution in [0.2, 0.25) is 0 Å². The molecule has 1 aliphatic rings. The lowest BCUT2D eigenvalue weighted by molar-refractivity contribution is -0.112. The van der Waals surface area contributed by atoms with Gasteiger partial charge in [-0.25, -0.2) is 8.42 Å². The van der Waals surface area contributed by atoms with Crippen LogP contribution in [0.1, 0.15) is 11.1 Å². The maximum Gasteiger partial charge on any atom is 0.281 e. The van der Waals surface area contributed by atoms with E-state index < -0.39 is 15.9 Å². The van der Waals surface area contributed by atoms with E-state index in [1.165, 1.54) is 31.3 Å². The first kappa shape index (κ1) is 24.1. The minimum absolute atomic E-state index is 0.104. The Morgan fingerprint density at radius 1 is 0.892 bits per heavy atom. The van der Waals surface area contributed by atoms with Crippen LogP contribution in [0.3, 0.4) is 0 Å². The third-order valence-electron chi connectivity index (χ3n) is 6.13. The summed E-state index contributed by atoms with van der Waals surface area (Å²) in [6.07, 6.45) is 0. The van der Waals surface area contributed by atoms with Gasteiger partial charge in [-0.1, -0.05) is 35.5 Å². The number of methoxy groups -OCH3 is 2. The van der Waals surface area contributed by atoms with Gasteiger partial charge in [-0.3, -0.25) is 9.52 Å². The number of nitrogens with zero attached hydrogens (tertiary/aromatic N) is 2. The van der Waals surface area contributed by atoms with Crippen LogP contribution in [0.15, 0.2) is 88.9 Å². The van der Waals surface area contributed by atoms with Crippen LogP contribution in [0, 0.1) is 0 Å². The molecule has 2 N–H and O–H groups in total. The molecule has 1 amide bonds. The summed E-state index contributed by atoms with van der Waals surface area (Å²) in [6, 6.07) is 22.3. The van der Waals surface area contributed by atoms with Crippen molar-refractivity contribution < 1.29 is 27.9 Å². The van der Waals surface area contributed by atoms with E-state index in [9.17, 15) is 18.4 Å². The van der Waals surface area contributed by atoms with Gasteiger partial charge in [0.2, 0.25) is 0 Å². The van der Waals surface area contributed by atoms with E-state index in [0.717, 1.165) is 16.3 Å². The Morgan fingerprint density at radius 3 is 2.27 bits per heavy atom. The number of sulfonamides is 1. The average molecular weight is 518 g/mol. The van der Waals surface area contributed by atoms with Crippen LogP contribution in [0.4, 0.5) is 11.4 Å². The van der Waals surface area contributed by atoms with Crippen molar-refractivity contribution in [1.29, 1.82) is 0 Å². The second kappa shape index (κ2) is 9.47. The first-order valence-electron chi connectivity index (χ1n) is 11.2. The summed E-state index contributed by atoms with van der Waals surface area (Å²) in [5.74, 6) is 0.611. The number of hydrogen-bond donors (Lipinski definition) is 2. The van der Waals surface area contributed by atoms with Gasteiger partial charge in [-0.05, 0) is 58.8 Å². The highest BCUT2D eigenvalue weighted by atomic mass is 32.2. The molecule has 0 unspecified atom stereocenters. The Balaban J connectivity index is 1.46. The number of nitrogens with one attached hydrogen (secondary N) is 1. The highest BCUT2D eigenvalue weighted by Crippen LogP contribution is 2.35. The molecule has 0 fully saturated rings. The van der Waals surface area contributed by atoms with E-state index in [2.05, 4.69) is 9.88 Å². The van der Waals surface area contributed by atoms with Crippen molar-refractivity contribution in [3.05, 3.63) is 90.0 Å². The second-order valence-electron chi connectivity index (χ2n) is 8.41. The van der Waals surface area contributed by atoms with Gasteiger partial charge in [0, 0.05) is 17.3 Å². The molecule has 0 radical (unpaired) electrons. The number of carbonyl (C=O) groups is 1. The fraction of sp³-hybridized carbons (Fsp3) is 0.111. The molecule has 0 aromatic heterocycles. The summed E-state index contributed by atoms with van der Waals surface area (Å²) in [6.45, 7) is 0.153. The molecular weight excluding hydrogens is 494 g/mol. The van der Waals surface area contributed by atoms with Crippen LogP contribution in [-0.2, 0) is 21.4 Å². The van der Waals surface area contributed by atoms with Crippen LogP contribution >= 0.6 is 0 Å². The molecule has 0 saturated carbocycles. The van der Waals surface area contributed by atoms with Gasteiger partial charge in [-0.15, -0.1) is 0 Å². The monoisotopic (exact) mass is 517 g/mol. The zero-order valence-corrected chi connectivity index (χ0v) is 20.8. The summed E-state index contributed by atoms with van der Waals surface area (Å²) in [7, 11) is -0.849. The number of benzene rings is 4. The summed E-state index contributed by atoms with van der Waals surface area (Å²) in [5.41, 5.74) is 1.56. The molecular formula is C27H23N3O6S. The van der Waals surface area contributed by atoms with Gasteiger partial charge in [-0.2, -0.15) is 0 Å². The van der Waals surface area contributed by atoms with Gasteiger partial charge in [0.25, 0.3) is 15.9 Å². The lowest BCUT2D eigenvalue weighted by Gasteiger charge is -2.18. The maximum atomic E-state index is 13.1. The smallest absolute Gasteiger partial charge is 0.281 e. The Bertz CT molecular complexity index is 1640. The standard InChI is InChI=1S/C27H23N3O6S/c1-35-21-11-17(12-22(15-21)36-2)16-30-25-10-8-20(14-24(25)26(28-32)27(30)31)29-37(33,34)23-9-7-18-5-3-4-6-19(18)13-23/h3-15,29,32H,16H2,1-2H3/b28-26-. The summed E-state index contributed by atoms with van der Waals surface area (Å²) >= 11 is 0. The molecule has 0 atom stereocenters. The van der Waals surface area contributed by atoms with Gasteiger partial charge in [0.05, 0.1) is 31.3 Å². The van der Waals surface area contributed by atoms with Gasteiger partial charge < -0.3 is 19.6 Å². The first-order chi connectivity index (χ1) is 17.8. The number of amides is 1. The molecule has 0 aliphatic carbocycles. The minimum atomic E-state index is -3.92. The Hall–Kier alpha value is -4.57. The average Bonchev–Trinajstić information content (AvgIpc) is 3.17. The highest BCUT2D eigenvalue weighted by Gasteiger charge is 2.35. The molecule has 9 nitrogen and oxygen atoms in total. The lowest BCUT2D eigenvalue weighted by atomic mass is 10.1. The molecule has 0 spiro atoms. The molecule has 1 heterocycles. The third kappa shape index (κ3) is 4.54. The van der Waals surface area contributed by atoms with Crippen LogP contribution < -0.4 is 19.1 Å². The Labute approximate surface area is 213 Å². The number of ether oxygens (including phenoxy) is 2. The molecule has 4 aromatic carbocycles. The second-order valence-corrected chi connectivity index (χ2v) is 10.1. The zero-order chi connectivity index (χ0) is 26.2. The molecule has 0 bridgehead atoms. The van der Waals surface area contributed by atoms with Crippen molar-refractivity contribution in [2.75, 3.05) is 23.8 Å². The SMILES string of the molecule is COc1cc(CN2C(=O)/C(=N\O)c3cc(NS(=O)(=O)c4ccc5ccccc5c4)ccc32)cc(OC)c1. The van der Waals surface area contributed by atoms with Crippen LogP contribution in [-0.4, -0.2) is 39.5 Å². The quantitative estimate of drug-likeness (QED) is 0.278. The van der Waals surface area contributed by atoms with E-state index in [0.29, 0.717) is 22.7 Å². The number of hydrogen-bond acceptors (Lipinski definition) is 7. The minimum Gasteiger partial charge on any atom is -0.497 e. The number of rotatable bonds is 7. The topological polar surface area (TPSA) is 118 Å². The molecule has 0 saturated heterocycles. The van der Waals surface area contributed by atoms with Crippen molar-refractivity contribution in [3.63, 3.8) is 0 Å². The number of fused-ring (bicyclic) bond motifs is 2. The van der Waals surface area contributed by atoms with Crippen LogP contribution in [0.25, 0.3) is 10.8 Å². The van der Waals surface area contributed by atoms with Crippen molar-refractivity contribution in [2.24, 2.45) is 5.16 Å². The lowest BCUT2D eigenvalue weighted by Crippen LogP contribution is -2.29. The number of oxime groups is 1. The van der Waals surface area contributed by atoms with E-state index in [4.69, 9.17) is 9.47 Å². The normalized spacial score (nSPS) is 14.2. The van der Waals surface area contributed by atoms with Gasteiger partial charge in [0.15, 0.2) is 5.71 Å². The fourth-order valence-electron chi connectivity index (χ4n) is 4.32. The molecule has 1 aliphatic heterocycles. The number of anilines is 2. The van der Waals surface area contributed by atoms with Crippen molar-refractivity contribution in [3.8, 4) is 11.5 Å². The van der Waals surface area contributed by atoms with E-state index in [1.807, 2.05) is 24.3 Å². The Morgan fingerprint density at radius 2 is 1.59 bits per heavy atom. The van der Waals surface area contributed by atoms with E-state index >= 15 is 0 Å².